The van der Waals surface area contributed by atoms with Gasteiger partial charge in [0.25, 0.3) is 0 Å². The first-order chi connectivity index (χ1) is 10.4. The Labute approximate surface area is 129 Å². The summed E-state index contributed by atoms with van der Waals surface area (Å²) >= 11 is 0. The van der Waals surface area contributed by atoms with Crippen molar-refractivity contribution in [1.82, 2.24) is 0 Å². The molecule has 0 aliphatic rings. The summed E-state index contributed by atoms with van der Waals surface area (Å²) in [4.78, 5) is 0. The van der Waals surface area contributed by atoms with Crippen molar-refractivity contribution in [2.24, 2.45) is 0 Å². The summed E-state index contributed by atoms with van der Waals surface area (Å²) in [5.74, 6) is 0. The van der Waals surface area contributed by atoms with Crippen molar-refractivity contribution in [2.75, 3.05) is 19.4 Å². The molecule has 0 spiro atoms. The van der Waals surface area contributed by atoms with Crippen LogP contribution in [-0.2, 0) is 21.9 Å². The lowest BCUT2D eigenvalue weighted by atomic mass is 10.2. The normalized spacial score (nSPS) is 11.0. The maximum Gasteiger partial charge on any atom is 0.170 e. The van der Waals surface area contributed by atoms with E-state index in [1.807, 2.05) is 12.1 Å². The van der Waals surface area contributed by atoms with Crippen LogP contribution in [0.3, 0.4) is 0 Å². The Morgan fingerprint density at radius 2 is 1.14 bits per heavy atom. The van der Waals surface area contributed by atoms with E-state index in [1.165, 1.54) is 11.1 Å². The van der Waals surface area contributed by atoms with Gasteiger partial charge in [0.2, 0.25) is 0 Å². The molecule has 2 rings (SSSR count). The van der Waals surface area contributed by atoms with E-state index in [4.69, 9.17) is 9.05 Å². The summed E-state index contributed by atoms with van der Waals surface area (Å²) in [5.41, 5.74) is 2.63. The van der Waals surface area contributed by atoms with E-state index >= 15 is 0 Å². The number of benzene rings is 2. The van der Waals surface area contributed by atoms with E-state index in [2.05, 4.69) is 55.5 Å². The van der Waals surface area contributed by atoms with E-state index < -0.39 is 8.38 Å². The Kier molecular flexibility index (Phi) is 7.45. The Bertz CT molecular complexity index is 442. The molecule has 0 fully saturated rings. The zero-order valence-corrected chi connectivity index (χ0v) is 13.5. The van der Waals surface area contributed by atoms with E-state index in [-0.39, 0.29) is 0 Å². The number of hydrogen-bond acceptors (Lipinski definition) is 2. The van der Waals surface area contributed by atoms with Crippen LogP contribution < -0.4 is 0 Å². The van der Waals surface area contributed by atoms with Gasteiger partial charge in [-0.05, 0) is 24.0 Å². The third-order valence-corrected chi connectivity index (χ3v) is 4.65. The molecule has 0 saturated carbocycles. The molecule has 112 valence electrons. The van der Waals surface area contributed by atoms with Crippen molar-refractivity contribution in [3.8, 4) is 0 Å². The van der Waals surface area contributed by atoms with Gasteiger partial charge in [0.1, 0.15) is 0 Å². The van der Waals surface area contributed by atoms with E-state index in [9.17, 15) is 0 Å². The summed E-state index contributed by atoms with van der Waals surface area (Å²) in [6.45, 7) is 3.58. The van der Waals surface area contributed by atoms with Gasteiger partial charge in [0.15, 0.2) is 8.38 Å². The minimum Gasteiger partial charge on any atom is -0.334 e. The van der Waals surface area contributed by atoms with E-state index in [0.29, 0.717) is 0 Å². The number of rotatable bonds is 9. The molecule has 0 unspecified atom stereocenters. The molecule has 0 aliphatic heterocycles. The van der Waals surface area contributed by atoms with Gasteiger partial charge in [-0.3, -0.25) is 0 Å². The van der Waals surface area contributed by atoms with Gasteiger partial charge >= 0.3 is 0 Å². The monoisotopic (exact) mass is 302 g/mol. The van der Waals surface area contributed by atoms with Crippen molar-refractivity contribution in [2.45, 2.75) is 19.8 Å². The standard InChI is InChI=1S/C18H23O2P/c1-2-21(19-15-13-17-9-5-3-6-10-17)20-16-14-18-11-7-4-8-12-18/h3-12H,2,13-16H2,1H3. The fourth-order valence-electron chi connectivity index (χ4n) is 2.04. The second-order valence-electron chi connectivity index (χ2n) is 4.79. The van der Waals surface area contributed by atoms with Crippen LogP contribution in [0.1, 0.15) is 18.1 Å². The molecule has 0 bridgehead atoms. The molecule has 0 saturated heterocycles. The Morgan fingerprint density at radius 1 is 0.714 bits per heavy atom. The minimum absolute atomic E-state index is 0.731. The summed E-state index contributed by atoms with van der Waals surface area (Å²) in [5, 5.41) is 0. The molecule has 21 heavy (non-hydrogen) atoms. The molecule has 0 aromatic heterocycles. The highest BCUT2D eigenvalue weighted by Crippen LogP contribution is 2.37. The van der Waals surface area contributed by atoms with Gasteiger partial charge in [-0.25, -0.2) is 0 Å². The second kappa shape index (κ2) is 9.68. The molecule has 2 aromatic rings. The fourth-order valence-corrected chi connectivity index (χ4v) is 3.07. The Hall–Kier alpha value is -1.21. The van der Waals surface area contributed by atoms with Crippen molar-refractivity contribution < 1.29 is 9.05 Å². The first-order valence-electron chi connectivity index (χ1n) is 7.49. The Balaban J connectivity index is 1.64. The van der Waals surface area contributed by atoms with Gasteiger partial charge in [-0.2, -0.15) is 0 Å². The zero-order chi connectivity index (χ0) is 14.8. The number of hydrogen-bond donors (Lipinski definition) is 0. The summed E-state index contributed by atoms with van der Waals surface area (Å²) in [6, 6.07) is 20.9. The lowest BCUT2D eigenvalue weighted by molar-refractivity contribution is 0.254. The summed E-state index contributed by atoms with van der Waals surface area (Å²) < 4.78 is 11.8. The van der Waals surface area contributed by atoms with Gasteiger partial charge in [0.05, 0.1) is 13.2 Å². The minimum atomic E-state index is -0.751. The maximum atomic E-state index is 5.88. The van der Waals surface area contributed by atoms with Crippen LogP contribution in [0.4, 0.5) is 0 Å². The predicted molar refractivity (Wildman–Crippen MR) is 89.7 cm³/mol. The molecule has 0 atom stereocenters. The Morgan fingerprint density at radius 3 is 1.52 bits per heavy atom. The first-order valence-corrected chi connectivity index (χ1v) is 8.86. The fraction of sp³-hybridized carbons (Fsp3) is 0.333. The topological polar surface area (TPSA) is 18.5 Å². The second-order valence-corrected chi connectivity index (χ2v) is 6.60. The highest BCUT2D eigenvalue weighted by Gasteiger charge is 2.07. The molecule has 0 radical (unpaired) electrons. The molecule has 0 heterocycles. The molecular weight excluding hydrogens is 279 g/mol. The van der Waals surface area contributed by atoms with Crippen LogP contribution in [0.5, 0.6) is 0 Å². The van der Waals surface area contributed by atoms with Gasteiger partial charge < -0.3 is 9.05 Å². The molecule has 2 nitrogen and oxygen atoms in total. The third kappa shape index (κ3) is 6.39. The lowest BCUT2D eigenvalue weighted by Crippen LogP contribution is -2.01. The summed E-state index contributed by atoms with van der Waals surface area (Å²) in [6.07, 6.45) is 2.84. The largest absolute Gasteiger partial charge is 0.334 e. The quantitative estimate of drug-likeness (QED) is 0.617. The lowest BCUT2D eigenvalue weighted by Gasteiger charge is -2.16. The first kappa shape index (κ1) is 16.2. The zero-order valence-electron chi connectivity index (χ0n) is 12.6. The molecule has 0 amide bonds. The van der Waals surface area contributed by atoms with Gasteiger partial charge in [-0.1, -0.05) is 67.6 Å². The van der Waals surface area contributed by atoms with Crippen LogP contribution >= 0.6 is 8.38 Å². The molecule has 2 aromatic carbocycles. The van der Waals surface area contributed by atoms with Gasteiger partial charge in [-0.15, -0.1) is 0 Å². The highest BCUT2D eigenvalue weighted by atomic mass is 31.2. The average molecular weight is 302 g/mol. The van der Waals surface area contributed by atoms with Crippen LogP contribution in [0.25, 0.3) is 0 Å². The highest BCUT2D eigenvalue weighted by molar-refractivity contribution is 7.47. The molecule has 0 aliphatic carbocycles. The van der Waals surface area contributed by atoms with Crippen LogP contribution in [0, 0.1) is 0 Å². The van der Waals surface area contributed by atoms with Crippen molar-refractivity contribution in [3.05, 3.63) is 71.8 Å². The summed E-state index contributed by atoms with van der Waals surface area (Å²) in [7, 11) is -0.751. The molecular formula is C18H23O2P. The van der Waals surface area contributed by atoms with Crippen molar-refractivity contribution in [3.63, 3.8) is 0 Å². The van der Waals surface area contributed by atoms with Crippen LogP contribution in [0.2, 0.25) is 0 Å². The predicted octanol–water partition coefficient (Wildman–Crippen LogP) is 4.84. The SMILES string of the molecule is CCP(OCCc1ccccc1)OCCc1ccccc1. The van der Waals surface area contributed by atoms with E-state index in [1.54, 1.807) is 0 Å². The van der Waals surface area contributed by atoms with Crippen molar-refractivity contribution in [1.29, 1.82) is 0 Å². The molecule has 3 heteroatoms. The van der Waals surface area contributed by atoms with E-state index in [0.717, 1.165) is 32.2 Å². The smallest absolute Gasteiger partial charge is 0.170 e. The van der Waals surface area contributed by atoms with Crippen LogP contribution in [0.15, 0.2) is 60.7 Å². The third-order valence-electron chi connectivity index (χ3n) is 3.20. The maximum absolute atomic E-state index is 5.88. The van der Waals surface area contributed by atoms with Gasteiger partial charge in [0, 0.05) is 6.16 Å². The van der Waals surface area contributed by atoms with Crippen LogP contribution in [-0.4, -0.2) is 19.4 Å². The van der Waals surface area contributed by atoms with Crippen molar-refractivity contribution >= 4 is 8.38 Å². The molecule has 0 N–H and O–H groups in total. The average Bonchev–Trinajstić information content (AvgIpc) is 2.55.